The van der Waals surface area contributed by atoms with Gasteiger partial charge in [-0.2, -0.15) is 4.31 Å². The zero-order valence-corrected chi connectivity index (χ0v) is 14.1. The molecular weight excluding hydrogens is 318 g/mol. The van der Waals surface area contributed by atoms with E-state index >= 15 is 0 Å². The van der Waals surface area contributed by atoms with Gasteiger partial charge in [-0.15, -0.1) is 0 Å². The van der Waals surface area contributed by atoms with E-state index in [1.807, 2.05) is 0 Å². The van der Waals surface area contributed by atoms with Gasteiger partial charge in [-0.05, 0) is 44.2 Å². The van der Waals surface area contributed by atoms with Gasteiger partial charge < -0.3 is 5.32 Å². The monoisotopic (exact) mass is 339 g/mol. The third-order valence-corrected chi connectivity index (χ3v) is 6.91. The molecule has 2 aliphatic rings. The number of sulfonamides is 1. The van der Waals surface area contributed by atoms with E-state index in [-0.39, 0.29) is 16.6 Å². The lowest BCUT2D eigenvalue weighted by Gasteiger charge is -2.25. The molecule has 1 N–H and O–H groups in total. The number of rotatable bonds is 3. The first-order chi connectivity index (χ1) is 10.8. The number of nitrogens with one attached hydrogen (secondary N) is 1. The van der Waals surface area contributed by atoms with E-state index in [2.05, 4.69) is 5.32 Å². The van der Waals surface area contributed by atoms with Crippen LogP contribution in [-0.2, 0) is 10.0 Å². The molecule has 0 radical (unpaired) electrons. The maximum Gasteiger partial charge on any atom is 0.270 e. The van der Waals surface area contributed by atoms with Crippen LogP contribution in [-0.4, -0.2) is 42.8 Å². The van der Waals surface area contributed by atoms with Crippen molar-refractivity contribution in [3.63, 3.8) is 0 Å². The molecule has 0 aliphatic carbocycles. The topological polar surface area (TPSA) is 92.5 Å². The van der Waals surface area contributed by atoms with Gasteiger partial charge in [0.25, 0.3) is 5.69 Å². The maximum absolute atomic E-state index is 13.1. The smallest absolute Gasteiger partial charge is 0.270 e. The Bertz CT molecular complexity index is 724. The first-order valence-electron chi connectivity index (χ1n) is 7.81. The predicted octanol–water partition coefficient (Wildman–Crippen LogP) is 1.73. The summed E-state index contributed by atoms with van der Waals surface area (Å²) in [6.07, 6.45) is 2.91. The molecule has 0 saturated carbocycles. The van der Waals surface area contributed by atoms with Crippen molar-refractivity contribution in [3.8, 4) is 0 Å². The Morgan fingerprint density at radius 3 is 2.39 bits per heavy atom. The van der Waals surface area contributed by atoms with Gasteiger partial charge in [0.2, 0.25) is 10.0 Å². The standard InChI is InChI=1S/C15H21N3O4S/c1-10-7-14(18(19)20)8-11(2)15(10)23(21,22)17-6-5-12-3-4-13(9-17)16-12/h7-8,12-13,16H,3-6,9H2,1-2H3. The quantitative estimate of drug-likeness (QED) is 0.669. The second kappa shape index (κ2) is 5.85. The van der Waals surface area contributed by atoms with E-state index in [1.54, 1.807) is 13.8 Å². The van der Waals surface area contributed by atoms with Gasteiger partial charge in [-0.1, -0.05) is 0 Å². The van der Waals surface area contributed by atoms with E-state index < -0.39 is 14.9 Å². The molecule has 126 valence electrons. The highest BCUT2D eigenvalue weighted by atomic mass is 32.2. The number of nitro groups is 1. The highest BCUT2D eigenvalue weighted by molar-refractivity contribution is 7.89. The summed E-state index contributed by atoms with van der Waals surface area (Å²) < 4.78 is 27.7. The third kappa shape index (κ3) is 2.98. The van der Waals surface area contributed by atoms with Crippen molar-refractivity contribution in [2.75, 3.05) is 13.1 Å². The Kier molecular flexibility index (Phi) is 4.16. The normalized spacial score (nSPS) is 25.3. The average molecular weight is 339 g/mol. The highest BCUT2D eigenvalue weighted by Crippen LogP contribution is 2.30. The number of benzene rings is 1. The third-order valence-electron chi connectivity index (χ3n) is 4.74. The molecule has 0 amide bonds. The highest BCUT2D eigenvalue weighted by Gasteiger charge is 2.36. The lowest BCUT2D eigenvalue weighted by atomic mass is 10.1. The van der Waals surface area contributed by atoms with Crippen LogP contribution in [0.5, 0.6) is 0 Å². The van der Waals surface area contributed by atoms with E-state index in [0.717, 1.165) is 19.3 Å². The molecule has 0 spiro atoms. The number of fused-ring (bicyclic) bond motifs is 2. The molecule has 1 aromatic carbocycles. The fraction of sp³-hybridized carbons (Fsp3) is 0.600. The lowest BCUT2D eigenvalue weighted by molar-refractivity contribution is -0.385. The van der Waals surface area contributed by atoms with Crippen molar-refractivity contribution < 1.29 is 13.3 Å². The lowest BCUT2D eigenvalue weighted by Crippen LogP contribution is -2.39. The Morgan fingerprint density at radius 1 is 1.17 bits per heavy atom. The number of non-ortho nitro benzene ring substituents is 1. The number of hydrogen-bond donors (Lipinski definition) is 1. The molecule has 3 rings (SSSR count). The summed E-state index contributed by atoms with van der Waals surface area (Å²) in [5.74, 6) is 0. The van der Waals surface area contributed by atoms with Gasteiger partial charge in [0.05, 0.1) is 9.82 Å². The Labute approximate surface area is 135 Å². The van der Waals surface area contributed by atoms with Crippen LogP contribution in [0.4, 0.5) is 5.69 Å². The molecule has 0 aromatic heterocycles. The van der Waals surface area contributed by atoms with Crippen LogP contribution in [0.3, 0.4) is 0 Å². The molecule has 23 heavy (non-hydrogen) atoms. The fourth-order valence-electron chi connectivity index (χ4n) is 3.70. The molecule has 2 heterocycles. The number of aryl methyl sites for hydroxylation is 2. The Hall–Kier alpha value is -1.51. The van der Waals surface area contributed by atoms with Crippen LogP contribution < -0.4 is 5.32 Å². The molecule has 2 saturated heterocycles. The number of hydrogen-bond acceptors (Lipinski definition) is 5. The van der Waals surface area contributed by atoms with E-state index in [0.29, 0.717) is 30.3 Å². The summed E-state index contributed by atoms with van der Waals surface area (Å²) in [6, 6.07) is 3.28. The summed E-state index contributed by atoms with van der Waals surface area (Å²) in [7, 11) is -3.64. The van der Waals surface area contributed by atoms with Crippen molar-refractivity contribution >= 4 is 15.7 Å². The molecule has 1 aromatic rings. The minimum atomic E-state index is -3.64. The van der Waals surface area contributed by atoms with Crippen molar-refractivity contribution in [1.82, 2.24) is 9.62 Å². The van der Waals surface area contributed by atoms with Crippen molar-refractivity contribution in [3.05, 3.63) is 33.4 Å². The zero-order chi connectivity index (χ0) is 16.8. The first-order valence-corrected chi connectivity index (χ1v) is 9.25. The van der Waals surface area contributed by atoms with Crippen molar-refractivity contribution in [2.24, 2.45) is 0 Å². The summed E-state index contributed by atoms with van der Waals surface area (Å²) in [5, 5.41) is 14.4. The molecule has 2 fully saturated rings. The molecule has 2 unspecified atom stereocenters. The van der Waals surface area contributed by atoms with Gasteiger partial charge in [0, 0.05) is 37.3 Å². The molecule has 2 bridgehead atoms. The van der Waals surface area contributed by atoms with Crippen LogP contribution in [0.2, 0.25) is 0 Å². The summed E-state index contributed by atoms with van der Waals surface area (Å²) in [4.78, 5) is 10.7. The average Bonchev–Trinajstić information content (AvgIpc) is 2.76. The zero-order valence-electron chi connectivity index (χ0n) is 13.3. The molecule has 2 atom stereocenters. The molecule has 8 heteroatoms. The number of nitro benzene ring substituents is 1. The molecule has 7 nitrogen and oxygen atoms in total. The molecule has 2 aliphatic heterocycles. The minimum absolute atomic E-state index is 0.0736. The molecular formula is C15H21N3O4S. The van der Waals surface area contributed by atoms with Gasteiger partial charge in [-0.3, -0.25) is 10.1 Å². The van der Waals surface area contributed by atoms with Gasteiger partial charge in [0.15, 0.2) is 0 Å². The van der Waals surface area contributed by atoms with Gasteiger partial charge in [0.1, 0.15) is 0 Å². The minimum Gasteiger partial charge on any atom is -0.310 e. The van der Waals surface area contributed by atoms with Gasteiger partial charge >= 0.3 is 0 Å². The Morgan fingerprint density at radius 2 is 1.78 bits per heavy atom. The predicted molar refractivity (Wildman–Crippen MR) is 85.9 cm³/mol. The summed E-state index contributed by atoms with van der Waals surface area (Å²) in [6.45, 7) is 4.20. The van der Waals surface area contributed by atoms with E-state index in [4.69, 9.17) is 0 Å². The largest absolute Gasteiger partial charge is 0.310 e. The fourth-order valence-corrected chi connectivity index (χ4v) is 5.61. The van der Waals surface area contributed by atoms with Crippen LogP contribution >= 0.6 is 0 Å². The van der Waals surface area contributed by atoms with Crippen molar-refractivity contribution in [1.29, 1.82) is 0 Å². The SMILES string of the molecule is Cc1cc([N+](=O)[O-])cc(C)c1S(=O)(=O)N1CCC2CCC(C1)N2. The summed E-state index contributed by atoms with van der Waals surface area (Å²) >= 11 is 0. The van der Waals surface area contributed by atoms with Crippen molar-refractivity contribution in [2.45, 2.75) is 50.1 Å². The number of nitrogens with zero attached hydrogens (tertiary/aromatic N) is 2. The van der Waals surface area contributed by atoms with Crippen LogP contribution in [0.25, 0.3) is 0 Å². The first kappa shape index (κ1) is 16.4. The van der Waals surface area contributed by atoms with E-state index in [9.17, 15) is 18.5 Å². The van der Waals surface area contributed by atoms with E-state index in [1.165, 1.54) is 16.4 Å². The van der Waals surface area contributed by atoms with Crippen LogP contribution in [0.1, 0.15) is 30.4 Å². The summed E-state index contributed by atoms with van der Waals surface area (Å²) in [5.41, 5.74) is 0.786. The van der Waals surface area contributed by atoms with Crippen LogP contribution in [0, 0.1) is 24.0 Å². The van der Waals surface area contributed by atoms with Gasteiger partial charge in [-0.25, -0.2) is 8.42 Å². The van der Waals surface area contributed by atoms with Crippen LogP contribution in [0.15, 0.2) is 17.0 Å². The second-order valence-corrected chi connectivity index (χ2v) is 8.33. The maximum atomic E-state index is 13.1. The Balaban J connectivity index is 1.98. The second-order valence-electron chi connectivity index (χ2n) is 6.46.